The fourth-order valence-electron chi connectivity index (χ4n) is 3.33. The molecule has 0 aliphatic carbocycles. The summed E-state index contributed by atoms with van der Waals surface area (Å²) in [6.45, 7) is 0.124. The standard InChI is InChI=1S/C20H14N6O4S2/c27-18(22-10-13-11-23-25-26(13)20-21-7-8-31-20)12-5-6-17-15(9-12)24-19(28)14-3-1-2-4-16(14)32(17,29)30/h1-9,11H,10H2,(H,22,27)(H,24,28). The molecule has 2 N–H and O–H groups in total. The largest absolute Gasteiger partial charge is 0.346 e. The Kier molecular flexibility index (Phi) is 4.79. The Balaban J connectivity index is 1.42. The van der Waals surface area contributed by atoms with E-state index in [1.54, 1.807) is 23.7 Å². The van der Waals surface area contributed by atoms with Crippen LogP contribution in [0.15, 0.2) is 70.0 Å². The van der Waals surface area contributed by atoms with Gasteiger partial charge in [-0.2, -0.15) is 4.68 Å². The quantitative estimate of drug-likeness (QED) is 0.470. The van der Waals surface area contributed by atoms with Crippen LogP contribution in [0.4, 0.5) is 5.69 Å². The molecule has 0 bridgehead atoms. The number of nitrogens with one attached hydrogen (secondary N) is 2. The van der Waals surface area contributed by atoms with Gasteiger partial charge >= 0.3 is 0 Å². The summed E-state index contributed by atoms with van der Waals surface area (Å²) >= 11 is 1.38. The number of thiazole rings is 1. The van der Waals surface area contributed by atoms with Gasteiger partial charge in [0.25, 0.3) is 11.8 Å². The van der Waals surface area contributed by atoms with Crippen molar-refractivity contribution in [2.24, 2.45) is 0 Å². The normalized spacial score (nSPS) is 14.1. The van der Waals surface area contributed by atoms with Gasteiger partial charge < -0.3 is 10.6 Å². The van der Waals surface area contributed by atoms with E-state index in [9.17, 15) is 18.0 Å². The molecule has 5 rings (SSSR count). The maximum atomic E-state index is 13.1. The summed E-state index contributed by atoms with van der Waals surface area (Å²) < 4.78 is 27.6. The van der Waals surface area contributed by atoms with Gasteiger partial charge in [0.2, 0.25) is 15.0 Å². The molecule has 12 heteroatoms. The van der Waals surface area contributed by atoms with Crippen molar-refractivity contribution >= 4 is 38.7 Å². The molecular formula is C20H14N6O4S2. The third-order valence-corrected chi connectivity index (χ3v) is 7.47. The number of amides is 2. The smallest absolute Gasteiger partial charge is 0.257 e. The van der Waals surface area contributed by atoms with Crippen molar-refractivity contribution in [2.45, 2.75) is 16.3 Å². The summed E-state index contributed by atoms with van der Waals surface area (Å²) in [6.07, 6.45) is 3.16. The molecule has 1 aliphatic heterocycles. The minimum absolute atomic E-state index is 0.0494. The first-order valence-corrected chi connectivity index (χ1v) is 11.7. The van der Waals surface area contributed by atoms with E-state index in [4.69, 9.17) is 0 Å². The number of hydrogen-bond acceptors (Lipinski definition) is 8. The average molecular weight is 467 g/mol. The van der Waals surface area contributed by atoms with Crippen LogP contribution in [0.5, 0.6) is 0 Å². The highest BCUT2D eigenvalue weighted by molar-refractivity contribution is 7.91. The first-order valence-electron chi connectivity index (χ1n) is 9.32. The van der Waals surface area contributed by atoms with Crippen LogP contribution in [-0.2, 0) is 16.4 Å². The lowest BCUT2D eigenvalue weighted by Crippen LogP contribution is -2.24. The molecule has 10 nitrogen and oxygen atoms in total. The molecule has 0 fully saturated rings. The van der Waals surface area contributed by atoms with E-state index in [2.05, 4.69) is 25.9 Å². The highest BCUT2D eigenvalue weighted by Gasteiger charge is 2.31. The van der Waals surface area contributed by atoms with Crippen LogP contribution in [0, 0.1) is 0 Å². The third kappa shape index (κ3) is 3.35. The SMILES string of the molecule is O=C(NCc1cnnn1-c1nccs1)c1ccc2c(c1)NC(=O)c1ccccc1S2(=O)=O. The van der Waals surface area contributed by atoms with Crippen molar-refractivity contribution in [3.63, 3.8) is 0 Å². The Morgan fingerprint density at radius 1 is 1.16 bits per heavy atom. The van der Waals surface area contributed by atoms with Crippen LogP contribution in [-0.4, -0.2) is 40.2 Å². The lowest BCUT2D eigenvalue weighted by molar-refractivity contribution is 0.0948. The molecular weight excluding hydrogens is 452 g/mol. The summed E-state index contributed by atoms with van der Waals surface area (Å²) in [4.78, 5) is 29.3. The maximum Gasteiger partial charge on any atom is 0.257 e. The van der Waals surface area contributed by atoms with Crippen LogP contribution in [0.25, 0.3) is 5.13 Å². The molecule has 2 amide bonds. The number of aromatic nitrogens is 4. The number of rotatable bonds is 4. The van der Waals surface area contributed by atoms with E-state index in [1.807, 2.05) is 0 Å². The third-order valence-electron chi connectivity index (χ3n) is 4.85. The minimum Gasteiger partial charge on any atom is -0.346 e. The predicted octanol–water partition coefficient (Wildman–Crippen LogP) is 2.05. The van der Waals surface area contributed by atoms with Crippen molar-refractivity contribution in [1.82, 2.24) is 25.3 Å². The molecule has 160 valence electrons. The van der Waals surface area contributed by atoms with Crippen molar-refractivity contribution < 1.29 is 18.0 Å². The summed E-state index contributed by atoms with van der Waals surface area (Å²) in [6, 6.07) is 10.1. The molecule has 2 aromatic heterocycles. The van der Waals surface area contributed by atoms with E-state index >= 15 is 0 Å². The van der Waals surface area contributed by atoms with Gasteiger partial charge in [0.15, 0.2) is 0 Å². The molecule has 0 radical (unpaired) electrons. The number of benzene rings is 2. The van der Waals surface area contributed by atoms with Crippen LogP contribution in [0.3, 0.4) is 0 Å². The second kappa shape index (κ2) is 7.66. The van der Waals surface area contributed by atoms with E-state index in [0.29, 0.717) is 10.8 Å². The van der Waals surface area contributed by atoms with Crippen LogP contribution in [0.2, 0.25) is 0 Å². The molecule has 0 atom stereocenters. The lowest BCUT2D eigenvalue weighted by atomic mass is 10.1. The molecule has 0 spiro atoms. The van der Waals surface area contributed by atoms with Crippen molar-refractivity contribution in [3.8, 4) is 5.13 Å². The molecule has 2 aromatic carbocycles. The number of carbonyl (C=O) groups excluding carboxylic acids is 2. The average Bonchev–Trinajstić information content (AvgIpc) is 3.47. The van der Waals surface area contributed by atoms with Crippen molar-refractivity contribution in [2.75, 3.05) is 5.32 Å². The Morgan fingerprint density at radius 2 is 2.00 bits per heavy atom. The molecule has 0 saturated carbocycles. The van der Waals surface area contributed by atoms with Crippen LogP contribution >= 0.6 is 11.3 Å². The molecule has 3 heterocycles. The number of fused-ring (bicyclic) bond motifs is 2. The summed E-state index contributed by atoms with van der Waals surface area (Å²) in [5.41, 5.74) is 0.916. The Morgan fingerprint density at radius 3 is 2.81 bits per heavy atom. The predicted molar refractivity (Wildman–Crippen MR) is 114 cm³/mol. The highest BCUT2D eigenvalue weighted by Crippen LogP contribution is 2.34. The van der Waals surface area contributed by atoms with Crippen LogP contribution in [0.1, 0.15) is 26.4 Å². The number of anilines is 1. The fourth-order valence-corrected chi connectivity index (χ4v) is 5.54. The summed E-state index contributed by atoms with van der Waals surface area (Å²) in [5, 5.41) is 15.6. The van der Waals surface area contributed by atoms with Gasteiger partial charge in [-0.05, 0) is 30.3 Å². The van der Waals surface area contributed by atoms with Crippen molar-refractivity contribution in [1.29, 1.82) is 0 Å². The van der Waals surface area contributed by atoms with Crippen LogP contribution < -0.4 is 10.6 Å². The molecule has 1 aliphatic rings. The lowest BCUT2D eigenvalue weighted by Gasteiger charge is -2.10. The Labute approximate surface area is 185 Å². The zero-order valence-electron chi connectivity index (χ0n) is 16.2. The second-order valence-corrected chi connectivity index (χ2v) is 9.56. The zero-order chi connectivity index (χ0) is 22.3. The fraction of sp³-hybridized carbons (Fsp3) is 0.0500. The van der Waals surface area contributed by atoms with Gasteiger partial charge in [-0.1, -0.05) is 17.3 Å². The zero-order valence-corrected chi connectivity index (χ0v) is 17.9. The molecule has 32 heavy (non-hydrogen) atoms. The van der Waals surface area contributed by atoms with Crippen molar-refractivity contribution in [3.05, 3.63) is 77.1 Å². The summed E-state index contributed by atoms with van der Waals surface area (Å²) in [7, 11) is -3.93. The van der Waals surface area contributed by atoms with E-state index in [0.717, 1.165) is 0 Å². The van der Waals surface area contributed by atoms with E-state index in [-0.39, 0.29) is 33.2 Å². The summed E-state index contributed by atoms with van der Waals surface area (Å²) in [5.74, 6) is -1.01. The van der Waals surface area contributed by atoms with E-state index in [1.165, 1.54) is 52.5 Å². The molecule has 4 aromatic rings. The monoisotopic (exact) mass is 466 g/mol. The number of carbonyl (C=O) groups is 2. The number of nitrogens with zero attached hydrogens (tertiary/aromatic N) is 4. The van der Waals surface area contributed by atoms with Gasteiger partial charge in [0, 0.05) is 17.1 Å². The molecule has 0 unspecified atom stereocenters. The first kappa shape index (κ1) is 20.0. The van der Waals surface area contributed by atoms with Gasteiger partial charge in [-0.15, -0.1) is 16.4 Å². The Hall–Kier alpha value is -3.90. The topological polar surface area (TPSA) is 136 Å². The second-order valence-electron chi connectivity index (χ2n) is 6.80. The Bertz CT molecular complexity index is 1460. The van der Waals surface area contributed by atoms with Gasteiger partial charge in [-0.25, -0.2) is 13.4 Å². The highest BCUT2D eigenvalue weighted by atomic mass is 32.2. The van der Waals surface area contributed by atoms with E-state index < -0.39 is 21.7 Å². The van der Waals surface area contributed by atoms with Gasteiger partial charge in [0.1, 0.15) is 0 Å². The first-order chi connectivity index (χ1) is 15.4. The minimum atomic E-state index is -3.93. The number of sulfone groups is 1. The molecule has 0 saturated heterocycles. The number of hydrogen-bond donors (Lipinski definition) is 2. The van der Waals surface area contributed by atoms with Gasteiger partial charge in [-0.3, -0.25) is 9.59 Å². The van der Waals surface area contributed by atoms with Gasteiger partial charge in [0.05, 0.1) is 39.5 Å². The maximum absolute atomic E-state index is 13.1.